The average Bonchev–Trinajstić information content (AvgIpc) is 2.39. The van der Waals surface area contributed by atoms with Gasteiger partial charge in [0.05, 0.1) is 6.04 Å². The number of halogens is 2. The first kappa shape index (κ1) is 13.5. The molecule has 2 N–H and O–H groups in total. The van der Waals surface area contributed by atoms with Gasteiger partial charge >= 0.3 is 0 Å². The van der Waals surface area contributed by atoms with Crippen LogP contribution < -0.4 is 10.6 Å². The first-order valence-corrected chi connectivity index (χ1v) is 6.05. The minimum atomic E-state index is -0.588. The minimum Gasteiger partial charge on any atom is -0.366 e. The van der Waals surface area contributed by atoms with Gasteiger partial charge in [-0.3, -0.25) is 0 Å². The van der Waals surface area contributed by atoms with Crippen LogP contribution in [0.5, 0.6) is 0 Å². The van der Waals surface area contributed by atoms with E-state index < -0.39 is 11.6 Å². The van der Waals surface area contributed by atoms with Gasteiger partial charge < -0.3 is 10.6 Å². The Balaban J connectivity index is 2.34. The van der Waals surface area contributed by atoms with Crippen molar-refractivity contribution in [3.8, 4) is 0 Å². The van der Waals surface area contributed by atoms with E-state index in [1.165, 1.54) is 12.1 Å². The number of anilines is 1. The second kappa shape index (κ2) is 5.80. The Morgan fingerprint density at radius 2 is 1.63 bits per heavy atom. The number of nitrogens with zero attached hydrogens (tertiary/aromatic N) is 1. The van der Waals surface area contributed by atoms with Crippen LogP contribution in [-0.4, -0.2) is 13.6 Å². The van der Waals surface area contributed by atoms with E-state index in [1.807, 2.05) is 42.3 Å². The van der Waals surface area contributed by atoms with Crippen molar-refractivity contribution in [2.75, 3.05) is 18.5 Å². The Kier molecular flexibility index (Phi) is 4.12. The van der Waals surface area contributed by atoms with Crippen molar-refractivity contribution in [1.82, 2.24) is 0 Å². The first-order valence-electron chi connectivity index (χ1n) is 6.05. The van der Waals surface area contributed by atoms with Gasteiger partial charge in [-0.05, 0) is 29.8 Å². The molecule has 0 aromatic heterocycles. The number of rotatable bonds is 4. The lowest BCUT2D eigenvalue weighted by atomic mass is 10.0. The van der Waals surface area contributed by atoms with E-state index in [2.05, 4.69) is 0 Å². The number of nitrogens with two attached hydrogens (primary N) is 1. The normalized spacial score (nSPS) is 12.2. The predicted octanol–water partition coefficient (Wildman–Crippen LogP) is 3.10. The summed E-state index contributed by atoms with van der Waals surface area (Å²) in [6.45, 7) is 0.272. The molecule has 1 unspecified atom stereocenters. The maximum Gasteiger partial charge on any atom is 0.126 e. The van der Waals surface area contributed by atoms with Gasteiger partial charge in [0.1, 0.15) is 11.6 Å². The van der Waals surface area contributed by atoms with Gasteiger partial charge in [0.2, 0.25) is 0 Å². The fourth-order valence-corrected chi connectivity index (χ4v) is 2.13. The Bertz CT molecular complexity index is 523. The SMILES string of the molecule is CN(c1ccccc1)C(CN)c1cc(F)cc(F)c1. The zero-order valence-electron chi connectivity index (χ0n) is 10.7. The van der Waals surface area contributed by atoms with E-state index in [4.69, 9.17) is 5.73 Å². The molecule has 4 heteroatoms. The Morgan fingerprint density at radius 3 is 2.16 bits per heavy atom. The van der Waals surface area contributed by atoms with Crippen LogP contribution in [-0.2, 0) is 0 Å². The summed E-state index contributed by atoms with van der Waals surface area (Å²) in [4.78, 5) is 1.91. The van der Waals surface area contributed by atoms with Gasteiger partial charge in [0.25, 0.3) is 0 Å². The van der Waals surface area contributed by atoms with E-state index in [1.54, 1.807) is 0 Å². The average molecular weight is 262 g/mol. The molecule has 0 radical (unpaired) electrons. The first-order chi connectivity index (χ1) is 9.11. The van der Waals surface area contributed by atoms with Crippen LogP contribution in [0.2, 0.25) is 0 Å². The molecule has 0 heterocycles. The molecule has 0 amide bonds. The predicted molar refractivity (Wildman–Crippen MR) is 73.0 cm³/mol. The van der Waals surface area contributed by atoms with Crippen LogP contribution in [0.4, 0.5) is 14.5 Å². The van der Waals surface area contributed by atoms with Crippen LogP contribution >= 0.6 is 0 Å². The summed E-state index contributed by atoms with van der Waals surface area (Å²) in [5.41, 5.74) is 7.24. The third-order valence-electron chi connectivity index (χ3n) is 3.12. The fourth-order valence-electron chi connectivity index (χ4n) is 2.13. The highest BCUT2D eigenvalue weighted by molar-refractivity contribution is 5.48. The summed E-state index contributed by atoms with van der Waals surface area (Å²) >= 11 is 0. The maximum absolute atomic E-state index is 13.3. The van der Waals surface area contributed by atoms with Crippen LogP contribution in [0, 0.1) is 11.6 Å². The number of likely N-dealkylation sites (N-methyl/N-ethyl adjacent to an activating group) is 1. The van der Waals surface area contributed by atoms with Crippen molar-refractivity contribution >= 4 is 5.69 Å². The molecule has 0 saturated carbocycles. The van der Waals surface area contributed by atoms with Crippen molar-refractivity contribution in [2.45, 2.75) is 6.04 Å². The Hall–Kier alpha value is -1.94. The molecule has 0 fully saturated rings. The zero-order valence-corrected chi connectivity index (χ0v) is 10.7. The van der Waals surface area contributed by atoms with E-state index >= 15 is 0 Å². The van der Waals surface area contributed by atoms with Gasteiger partial charge in [0.15, 0.2) is 0 Å². The number of benzene rings is 2. The number of hydrogen-bond acceptors (Lipinski definition) is 2. The molecule has 0 spiro atoms. The van der Waals surface area contributed by atoms with E-state index in [0.717, 1.165) is 11.8 Å². The molecule has 2 aromatic rings. The molecule has 0 bridgehead atoms. The largest absolute Gasteiger partial charge is 0.366 e. The van der Waals surface area contributed by atoms with Crippen molar-refractivity contribution in [3.05, 3.63) is 65.7 Å². The molecular weight excluding hydrogens is 246 g/mol. The molecule has 1 atom stereocenters. The Morgan fingerprint density at radius 1 is 1.05 bits per heavy atom. The Labute approximate surface area is 111 Å². The molecule has 2 nitrogen and oxygen atoms in total. The molecule has 0 saturated heterocycles. The summed E-state index contributed by atoms with van der Waals surface area (Å²) in [7, 11) is 1.86. The highest BCUT2D eigenvalue weighted by atomic mass is 19.1. The molecule has 0 aliphatic rings. The lowest BCUT2D eigenvalue weighted by molar-refractivity contribution is 0.571. The standard InChI is InChI=1S/C15H16F2N2/c1-19(14-5-3-2-4-6-14)15(10-18)11-7-12(16)9-13(17)8-11/h2-9,15H,10,18H2,1H3. The van der Waals surface area contributed by atoms with Crippen molar-refractivity contribution in [1.29, 1.82) is 0 Å². The lowest BCUT2D eigenvalue weighted by Crippen LogP contribution is -2.30. The third-order valence-corrected chi connectivity index (χ3v) is 3.12. The van der Waals surface area contributed by atoms with Crippen molar-refractivity contribution in [3.63, 3.8) is 0 Å². The smallest absolute Gasteiger partial charge is 0.126 e. The summed E-state index contributed by atoms with van der Waals surface area (Å²) in [6, 6.07) is 12.8. The van der Waals surface area contributed by atoms with E-state index in [9.17, 15) is 8.78 Å². The lowest BCUT2D eigenvalue weighted by Gasteiger charge is -2.29. The molecule has 100 valence electrons. The monoisotopic (exact) mass is 262 g/mol. The van der Waals surface area contributed by atoms with Crippen LogP contribution in [0.3, 0.4) is 0 Å². The zero-order chi connectivity index (χ0) is 13.8. The van der Waals surface area contributed by atoms with Crippen LogP contribution in [0.15, 0.2) is 48.5 Å². The number of para-hydroxylation sites is 1. The molecule has 0 aliphatic carbocycles. The molecule has 2 rings (SSSR count). The van der Waals surface area contributed by atoms with Gasteiger partial charge in [-0.25, -0.2) is 8.78 Å². The molecule has 2 aromatic carbocycles. The minimum absolute atomic E-state index is 0.271. The topological polar surface area (TPSA) is 29.3 Å². The molecule has 19 heavy (non-hydrogen) atoms. The second-order valence-electron chi connectivity index (χ2n) is 4.40. The third kappa shape index (κ3) is 3.09. The highest BCUT2D eigenvalue weighted by Gasteiger charge is 2.17. The van der Waals surface area contributed by atoms with E-state index in [-0.39, 0.29) is 12.6 Å². The summed E-state index contributed by atoms with van der Waals surface area (Å²) in [5, 5.41) is 0. The fraction of sp³-hybridized carbons (Fsp3) is 0.200. The van der Waals surface area contributed by atoms with Gasteiger partial charge in [-0.2, -0.15) is 0 Å². The molecular formula is C15H16F2N2. The van der Waals surface area contributed by atoms with Gasteiger partial charge in [0, 0.05) is 25.3 Å². The van der Waals surface area contributed by atoms with Gasteiger partial charge in [-0.15, -0.1) is 0 Å². The maximum atomic E-state index is 13.3. The summed E-state index contributed by atoms with van der Waals surface area (Å²) in [5.74, 6) is -1.18. The summed E-state index contributed by atoms with van der Waals surface area (Å²) in [6.07, 6.45) is 0. The highest BCUT2D eigenvalue weighted by Crippen LogP contribution is 2.25. The van der Waals surface area contributed by atoms with Crippen molar-refractivity contribution < 1.29 is 8.78 Å². The second-order valence-corrected chi connectivity index (χ2v) is 4.40. The quantitative estimate of drug-likeness (QED) is 0.917. The van der Waals surface area contributed by atoms with Gasteiger partial charge in [-0.1, -0.05) is 18.2 Å². The van der Waals surface area contributed by atoms with Crippen molar-refractivity contribution in [2.24, 2.45) is 5.73 Å². The van der Waals surface area contributed by atoms with E-state index in [0.29, 0.717) is 5.56 Å². The molecule has 0 aliphatic heterocycles. The van der Waals surface area contributed by atoms with Crippen LogP contribution in [0.1, 0.15) is 11.6 Å². The number of hydrogen-bond donors (Lipinski definition) is 1. The summed E-state index contributed by atoms with van der Waals surface area (Å²) < 4.78 is 26.6. The van der Waals surface area contributed by atoms with Crippen LogP contribution in [0.25, 0.3) is 0 Å².